The highest BCUT2D eigenvalue weighted by Crippen LogP contribution is 2.47. The third kappa shape index (κ3) is 2.95. The highest BCUT2D eigenvalue weighted by atomic mass is 16.7. The zero-order chi connectivity index (χ0) is 21.7. The normalized spacial score (nSPS) is 26.7. The molecule has 31 heavy (non-hydrogen) atoms. The summed E-state index contributed by atoms with van der Waals surface area (Å²) < 4.78 is 16.3. The summed E-state index contributed by atoms with van der Waals surface area (Å²) in [6.07, 6.45) is 5.66. The van der Waals surface area contributed by atoms with Crippen molar-refractivity contribution in [1.82, 2.24) is 9.88 Å². The monoisotopic (exact) mass is 420 g/mol. The van der Waals surface area contributed by atoms with Crippen LogP contribution in [0, 0.1) is 11.8 Å². The molecule has 2 aromatic rings. The Hall–Kier alpha value is -3.48. The van der Waals surface area contributed by atoms with Crippen LogP contribution >= 0.6 is 0 Å². The Bertz CT molecular complexity index is 1140. The van der Waals surface area contributed by atoms with E-state index in [1.807, 2.05) is 36.4 Å². The lowest BCUT2D eigenvalue weighted by molar-refractivity contribution is -0.155. The Labute approximate surface area is 179 Å². The Kier molecular flexibility index (Phi) is 4.61. The fraction of sp³-hybridized carbons (Fsp3) is 0.333. The van der Waals surface area contributed by atoms with Crippen molar-refractivity contribution < 1.29 is 23.8 Å². The van der Waals surface area contributed by atoms with Crippen molar-refractivity contribution in [3.63, 3.8) is 0 Å². The average Bonchev–Trinajstić information content (AvgIpc) is 3.40. The number of amides is 1. The number of allylic oxidation sites excluding steroid dienone is 1. The van der Waals surface area contributed by atoms with Crippen molar-refractivity contribution in [3.8, 4) is 0 Å². The van der Waals surface area contributed by atoms with Crippen molar-refractivity contribution in [2.24, 2.45) is 11.8 Å². The van der Waals surface area contributed by atoms with Gasteiger partial charge in [-0.3, -0.25) is 4.79 Å². The molecule has 1 amide bonds. The highest BCUT2D eigenvalue weighted by molar-refractivity contribution is 5.94. The van der Waals surface area contributed by atoms with E-state index in [0.29, 0.717) is 12.2 Å². The molecule has 2 unspecified atom stereocenters. The molecule has 1 aliphatic carbocycles. The van der Waals surface area contributed by atoms with E-state index in [0.717, 1.165) is 27.9 Å². The van der Waals surface area contributed by atoms with Gasteiger partial charge in [-0.15, -0.1) is 0 Å². The van der Waals surface area contributed by atoms with Gasteiger partial charge in [-0.25, -0.2) is 4.79 Å². The van der Waals surface area contributed by atoms with Gasteiger partial charge in [0.1, 0.15) is 6.04 Å². The molecular formula is C24H24N2O5. The van der Waals surface area contributed by atoms with Crippen LogP contribution < -0.4 is 0 Å². The fourth-order valence-corrected chi connectivity index (χ4v) is 5.04. The zero-order valence-corrected chi connectivity index (χ0v) is 17.5. The quantitative estimate of drug-likeness (QED) is 0.608. The molecule has 1 aromatic carbocycles. The van der Waals surface area contributed by atoms with Crippen LogP contribution in [0.5, 0.6) is 0 Å². The van der Waals surface area contributed by atoms with Crippen LogP contribution in [0.4, 0.5) is 0 Å². The van der Waals surface area contributed by atoms with E-state index in [1.54, 1.807) is 4.90 Å². The minimum atomic E-state index is -0.746. The lowest BCUT2D eigenvalue weighted by Crippen LogP contribution is -2.53. The van der Waals surface area contributed by atoms with Crippen molar-refractivity contribution in [2.45, 2.75) is 25.4 Å². The van der Waals surface area contributed by atoms with Crippen LogP contribution in [0.2, 0.25) is 0 Å². The topological polar surface area (TPSA) is 80.9 Å². The molecule has 7 nitrogen and oxygen atoms in total. The van der Waals surface area contributed by atoms with E-state index < -0.39 is 18.1 Å². The Morgan fingerprint density at radius 2 is 1.97 bits per heavy atom. The number of rotatable bonds is 3. The molecule has 0 saturated carbocycles. The number of carbonyl (C=O) groups is 2. The number of fused-ring (bicyclic) bond motifs is 4. The standard InChI is InChI=1S/C24H24N2O5/c1-4-21(27)26-18(24(28)29-3)10-16-14-7-5-6-8-17(14)25-22(16)23(26)15-11-20-19(9-13(15)2)30-12-31-20/h4-9,11,13,15,18,23,25H,1,10,12H2,2-3H3/t13?,15?,18-,23+/m1/s1. The number of ether oxygens (including phenoxy) is 3. The predicted octanol–water partition coefficient (Wildman–Crippen LogP) is 3.36. The van der Waals surface area contributed by atoms with Crippen LogP contribution in [0.25, 0.3) is 10.9 Å². The third-order valence-corrected chi connectivity index (χ3v) is 6.48. The number of carbonyl (C=O) groups excluding carboxylic acids is 2. The number of methoxy groups -OCH3 is 1. The van der Waals surface area contributed by atoms with Crippen LogP contribution in [0.1, 0.15) is 24.2 Å². The summed E-state index contributed by atoms with van der Waals surface area (Å²) >= 11 is 0. The van der Waals surface area contributed by atoms with Crippen LogP contribution in [-0.4, -0.2) is 41.7 Å². The van der Waals surface area contributed by atoms with Crippen molar-refractivity contribution in [1.29, 1.82) is 0 Å². The minimum absolute atomic E-state index is 0.0428. The van der Waals surface area contributed by atoms with Crippen LogP contribution in [0.15, 0.2) is 60.6 Å². The van der Waals surface area contributed by atoms with Crippen molar-refractivity contribution in [2.75, 3.05) is 13.9 Å². The molecule has 1 N–H and O–H groups in total. The summed E-state index contributed by atoms with van der Waals surface area (Å²) in [5.74, 6) is 0.553. The SMILES string of the molecule is C=CC(=O)N1[C@@H](C(=O)OC)Cc2c([nH]c3ccccc23)[C@@H]1C1C=C2OCOC2=CC1C. The van der Waals surface area contributed by atoms with E-state index in [-0.39, 0.29) is 24.5 Å². The number of H-pyrrole nitrogens is 1. The van der Waals surface area contributed by atoms with Gasteiger partial charge in [-0.1, -0.05) is 31.7 Å². The first-order valence-electron chi connectivity index (χ1n) is 10.3. The second-order valence-electron chi connectivity index (χ2n) is 8.11. The maximum absolute atomic E-state index is 13.1. The second-order valence-corrected chi connectivity index (χ2v) is 8.11. The van der Waals surface area contributed by atoms with Crippen LogP contribution in [-0.2, 0) is 30.2 Å². The molecule has 1 saturated heterocycles. The molecule has 3 heterocycles. The van der Waals surface area contributed by atoms with Crippen molar-refractivity contribution >= 4 is 22.8 Å². The van der Waals surface area contributed by atoms with Crippen molar-refractivity contribution in [3.05, 3.63) is 71.8 Å². The lowest BCUT2D eigenvalue weighted by atomic mass is 9.77. The summed E-state index contributed by atoms with van der Waals surface area (Å²) in [7, 11) is 1.35. The first-order valence-corrected chi connectivity index (χ1v) is 10.3. The van der Waals surface area contributed by atoms with E-state index in [4.69, 9.17) is 14.2 Å². The Balaban J connectivity index is 1.72. The summed E-state index contributed by atoms with van der Waals surface area (Å²) in [6, 6.07) is 6.82. The maximum Gasteiger partial charge on any atom is 0.328 e. The largest absolute Gasteiger partial charge is 0.467 e. The van der Waals surface area contributed by atoms with E-state index in [9.17, 15) is 9.59 Å². The minimum Gasteiger partial charge on any atom is -0.467 e. The number of para-hydroxylation sites is 1. The fourth-order valence-electron chi connectivity index (χ4n) is 5.04. The van der Waals surface area contributed by atoms with Crippen LogP contribution in [0.3, 0.4) is 0 Å². The molecule has 1 fully saturated rings. The molecule has 3 aliphatic rings. The summed E-state index contributed by atoms with van der Waals surface area (Å²) in [6.45, 7) is 5.94. The third-order valence-electron chi connectivity index (χ3n) is 6.48. The number of aromatic amines is 1. The van der Waals surface area contributed by atoms with E-state index in [1.165, 1.54) is 13.2 Å². The van der Waals surface area contributed by atoms with Gasteiger partial charge >= 0.3 is 5.97 Å². The number of hydrogen-bond acceptors (Lipinski definition) is 5. The molecule has 2 aliphatic heterocycles. The molecule has 5 rings (SSSR count). The Morgan fingerprint density at radius 1 is 1.23 bits per heavy atom. The first kappa shape index (κ1) is 19.5. The second kappa shape index (κ2) is 7.34. The number of esters is 1. The lowest BCUT2D eigenvalue weighted by Gasteiger charge is -2.44. The molecule has 0 spiro atoms. The molecule has 0 bridgehead atoms. The zero-order valence-electron chi connectivity index (χ0n) is 17.5. The van der Waals surface area contributed by atoms with Gasteiger partial charge in [0.25, 0.3) is 0 Å². The van der Waals surface area contributed by atoms with E-state index >= 15 is 0 Å². The van der Waals surface area contributed by atoms with Gasteiger partial charge in [-0.05, 0) is 35.8 Å². The van der Waals surface area contributed by atoms with Gasteiger partial charge < -0.3 is 24.1 Å². The number of nitrogens with zero attached hydrogens (tertiary/aromatic N) is 1. The average molecular weight is 420 g/mol. The predicted molar refractivity (Wildman–Crippen MR) is 113 cm³/mol. The molecule has 160 valence electrons. The molecule has 7 heteroatoms. The van der Waals surface area contributed by atoms with Gasteiger partial charge in [0.05, 0.1) is 13.2 Å². The maximum atomic E-state index is 13.1. The summed E-state index contributed by atoms with van der Waals surface area (Å²) in [5, 5.41) is 1.05. The molecule has 1 aromatic heterocycles. The number of benzene rings is 1. The van der Waals surface area contributed by atoms with Gasteiger partial charge in [0.2, 0.25) is 12.7 Å². The number of hydrogen-bond donors (Lipinski definition) is 1. The number of aromatic nitrogens is 1. The van der Waals surface area contributed by atoms with Gasteiger partial charge in [0.15, 0.2) is 11.5 Å². The molecular weight excluding hydrogens is 396 g/mol. The Morgan fingerprint density at radius 3 is 2.71 bits per heavy atom. The number of nitrogens with one attached hydrogen (secondary N) is 1. The molecule has 0 radical (unpaired) electrons. The summed E-state index contributed by atoms with van der Waals surface area (Å²) in [5.41, 5.74) is 2.94. The van der Waals surface area contributed by atoms with Gasteiger partial charge in [0, 0.05) is 28.9 Å². The summed E-state index contributed by atoms with van der Waals surface area (Å²) in [4.78, 5) is 31.1. The smallest absolute Gasteiger partial charge is 0.328 e. The van der Waals surface area contributed by atoms with Gasteiger partial charge in [-0.2, -0.15) is 0 Å². The molecule has 4 atom stereocenters. The first-order chi connectivity index (χ1) is 15.0. The highest BCUT2D eigenvalue weighted by Gasteiger charge is 2.47. The van der Waals surface area contributed by atoms with E-state index in [2.05, 4.69) is 18.5 Å².